The summed E-state index contributed by atoms with van der Waals surface area (Å²) in [4.78, 5) is 39.3. The first-order valence-corrected chi connectivity index (χ1v) is 12.4. The maximum absolute atomic E-state index is 15.4. The largest absolute Gasteiger partial charge is 0.494 e. The number of methoxy groups -OCH3 is 1. The molecule has 42 heavy (non-hydrogen) atoms. The third-order valence-electron chi connectivity index (χ3n) is 6.66. The van der Waals surface area contributed by atoms with Crippen molar-refractivity contribution >= 4 is 6.09 Å². The number of nitrogens with two attached hydrogens (primary N) is 1. The van der Waals surface area contributed by atoms with Crippen molar-refractivity contribution in [3.63, 3.8) is 0 Å². The van der Waals surface area contributed by atoms with Crippen LogP contribution < -0.4 is 21.7 Å². The monoisotopic (exact) mass is 589 g/mol. The fourth-order valence-corrected chi connectivity index (χ4v) is 4.65. The summed E-state index contributed by atoms with van der Waals surface area (Å²) in [5.41, 5.74) is 0.184. The maximum atomic E-state index is 15.4. The van der Waals surface area contributed by atoms with Gasteiger partial charge in [0.05, 0.1) is 31.3 Å². The number of nitrogens with zero attached hydrogens (tertiary/aromatic N) is 2. The van der Waals surface area contributed by atoms with Crippen LogP contribution in [0.1, 0.15) is 28.5 Å². The van der Waals surface area contributed by atoms with Crippen LogP contribution in [0.2, 0.25) is 0 Å². The SMILES string of the molecule is COc1cccc(-c2c(C)n(Cc3c(F)cccc3C(F)(F)F)c(=O)n(C[C@H](OC(N)=O)c3ccccc3)c2=O)c1F. The molecule has 13 heteroatoms. The zero-order valence-corrected chi connectivity index (χ0v) is 22.2. The van der Waals surface area contributed by atoms with E-state index >= 15 is 4.39 Å². The Kier molecular flexibility index (Phi) is 8.50. The van der Waals surface area contributed by atoms with Gasteiger partial charge in [0.2, 0.25) is 0 Å². The van der Waals surface area contributed by atoms with Crippen LogP contribution in [0.25, 0.3) is 11.1 Å². The molecule has 4 aromatic rings. The first-order valence-electron chi connectivity index (χ1n) is 12.4. The van der Waals surface area contributed by atoms with E-state index in [1.54, 1.807) is 18.2 Å². The van der Waals surface area contributed by atoms with Gasteiger partial charge in [0, 0.05) is 16.8 Å². The van der Waals surface area contributed by atoms with E-state index in [-0.39, 0.29) is 17.0 Å². The zero-order chi connectivity index (χ0) is 30.8. The third-order valence-corrected chi connectivity index (χ3v) is 6.66. The Balaban J connectivity index is 2.03. The van der Waals surface area contributed by atoms with Gasteiger partial charge < -0.3 is 15.2 Å². The molecule has 0 fully saturated rings. The van der Waals surface area contributed by atoms with Gasteiger partial charge in [0.1, 0.15) is 11.9 Å². The molecule has 0 unspecified atom stereocenters. The summed E-state index contributed by atoms with van der Waals surface area (Å²) in [6.07, 6.45) is -7.50. The predicted molar refractivity (Wildman–Crippen MR) is 142 cm³/mol. The summed E-state index contributed by atoms with van der Waals surface area (Å²) in [5.74, 6) is -2.47. The number of amides is 1. The van der Waals surface area contributed by atoms with E-state index in [9.17, 15) is 31.9 Å². The highest BCUT2D eigenvalue weighted by Crippen LogP contribution is 2.34. The van der Waals surface area contributed by atoms with Crippen LogP contribution in [-0.4, -0.2) is 22.3 Å². The van der Waals surface area contributed by atoms with Crippen LogP contribution in [0, 0.1) is 18.6 Å². The number of hydrogen-bond acceptors (Lipinski definition) is 5. The Morgan fingerprint density at radius 2 is 1.62 bits per heavy atom. The molecule has 0 saturated heterocycles. The molecule has 0 aliphatic heterocycles. The molecule has 0 aliphatic carbocycles. The highest BCUT2D eigenvalue weighted by molar-refractivity contribution is 5.68. The fraction of sp³-hybridized carbons (Fsp3) is 0.207. The number of carbonyl (C=O) groups excluding carboxylic acids is 1. The molecule has 1 aromatic heterocycles. The number of rotatable bonds is 8. The van der Waals surface area contributed by atoms with Gasteiger partial charge in [0.25, 0.3) is 5.56 Å². The van der Waals surface area contributed by atoms with Crippen LogP contribution in [0.15, 0.2) is 76.3 Å². The Labute approximate surface area is 235 Å². The molecule has 220 valence electrons. The summed E-state index contributed by atoms with van der Waals surface area (Å²) in [6.45, 7) is -0.380. The Morgan fingerprint density at radius 3 is 2.24 bits per heavy atom. The molecular formula is C29H24F5N3O5. The van der Waals surface area contributed by atoms with Crippen molar-refractivity contribution < 1.29 is 36.2 Å². The van der Waals surface area contributed by atoms with Gasteiger partial charge in [-0.15, -0.1) is 0 Å². The van der Waals surface area contributed by atoms with E-state index in [0.29, 0.717) is 16.2 Å². The highest BCUT2D eigenvalue weighted by atomic mass is 19.4. The van der Waals surface area contributed by atoms with E-state index in [0.717, 1.165) is 16.7 Å². The van der Waals surface area contributed by atoms with E-state index in [1.165, 1.54) is 44.4 Å². The van der Waals surface area contributed by atoms with E-state index in [1.807, 2.05) is 0 Å². The first-order chi connectivity index (χ1) is 19.8. The van der Waals surface area contributed by atoms with Crippen molar-refractivity contribution in [2.45, 2.75) is 32.3 Å². The van der Waals surface area contributed by atoms with Gasteiger partial charge in [-0.3, -0.25) is 13.9 Å². The summed E-state index contributed by atoms with van der Waals surface area (Å²) in [7, 11) is 1.19. The lowest BCUT2D eigenvalue weighted by Crippen LogP contribution is -2.44. The number of alkyl halides is 3. The van der Waals surface area contributed by atoms with E-state index in [4.69, 9.17) is 15.2 Å². The Bertz CT molecular complexity index is 1750. The van der Waals surface area contributed by atoms with Gasteiger partial charge in [0.15, 0.2) is 11.6 Å². The molecule has 0 aliphatic rings. The molecular weight excluding hydrogens is 565 g/mol. The summed E-state index contributed by atoms with van der Waals surface area (Å²) >= 11 is 0. The van der Waals surface area contributed by atoms with Crippen LogP contribution >= 0.6 is 0 Å². The number of benzene rings is 3. The molecule has 2 N–H and O–H groups in total. The Morgan fingerprint density at radius 1 is 0.952 bits per heavy atom. The quantitative estimate of drug-likeness (QED) is 0.286. The van der Waals surface area contributed by atoms with Crippen molar-refractivity contribution in [2.24, 2.45) is 5.73 Å². The number of aromatic nitrogens is 2. The number of primary amides is 1. The van der Waals surface area contributed by atoms with E-state index in [2.05, 4.69) is 0 Å². The highest BCUT2D eigenvalue weighted by Gasteiger charge is 2.35. The second-order valence-corrected chi connectivity index (χ2v) is 9.17. The van der Waals surface area contributed by atoms with Crippen LogP contribution in [0.3, 0.4) is 0 Å². The molecule has 1 atom stereocenters. The van der Waals surface area contributed by atoms with Crippen LogP contribution in [-0.2, 0) is 24.0 Å². The minimum absolute atomic E-state index is 0.239. The van der Waals surface area contributed by atoms with Gasteiger partial charge >= 0.3 is 18.0 Å². The van der Waals surface area contributed by atoms with Crippen molar-refractivity contribution in [1.82, 2.24) is 9.13 Å². The Hall–Kier alpha value is -4.94. The number of ether oxygens (including phenoxy) is 2. The van der Waals surface area contributed by atoms with Gasteiger partial charge in [-0.2, -0.15) is 13.2 Å². The third kappa shape index (κ3) is 5.90. The lowest BCUT2D eigenvalue weighted by atomic mass is 10.0. The molecule has 1 amide bonds. The standard InChI is InChI=1S/C29H24F5N3O5/c1-16-24(18-10-6-13-22(41-2)25(18)31)26(38)37(15-23(42-27(35)39)17-8-4-3-5-9-17)28(40)36(16)14-19-20(29(32,33)34)11-7-12-21(19)30/h3-13,23H,14-15H2,1-2H3,(H2,35,39)/t23-/m0/s1. The van der Waals surface area contributed by atoms with E-state index < -0.39 is 71.0 Å². The van der Waals surface area contributed by atoms with Gasteiger partial charge in [-0.05, 0) is 30.7 Å². The molecule has 0 radical (unpaired) electrons. The van der Waals surface area contributed by atoms with Crippen molar-refractivity contribution in [3.8, 4) is 16.9 Å². The molecule has 0 bridgehead atoms. The summed E-state index contributed by atoms with van der Waals surface area (Å²) in [6, 6.07) is 14.1. The average Bonchev–Trinajstić information content (AvgIpc) is 2.94. The lowest BCUT2D eigenvalue weighted by Gasteiger charge is -2.22. The van der Waals surface area contributed by atoms with Gasteiger partial charge in [-0.1, -0.05) is 48.5 Å². The second-order valence-electron chi connectivity index (χ2n) is 9.17. The zero-order valence-electron chi connectivity index (χ0n) is 22.2. The van der Waals surface area contributed by atoms with Crippen molar-refractivity contribution in [3.05, 3.63) is 122 Å². The smallest absolute Gasteiger partial charge is 0.416 e. The van der Waals surface area contributed by atoms with Crippen molar-refractivity contribution in [1.29, 1.82) is 0 Å². The van der Waals surface area contributed by atoms with Crippen LogP contribution in [0.5, 0.6) is 5.75 Å². The number of carbonyl (C=O) groups is 1. The normalized spacial score (nSPS) is 12.2. The summed E-state index contributed by atoms with van der Waals surface area (Å²) < 4.78 is 83.2. The topological polar surface area (TPSA) is 106 Å². The minimum atomic E-state index is -4.97. The maximum Gasteiger partial charge on any atom is 0.416 e. The second kappa shape index (κ2) is 11.9. The molecule has 1 heterocycles. The van der Waals surface area contributed by atoms with Crippen molar-refractivity contribution in [2.75, 3.05) is 7.11 Å². The first kappa shape index (κ1) is 30.0. The van der Waals surface area contributed by atoms with Gasteiger partial charge in [-0.25, -0.2) is 18.4 Å². The average molecular weight is 590 g/mol. The molecule has 0 spiro atoms. The molecule has 8 nitrogen and oxygen atoms in total. The minimum Gasteiger partial charge on any atom is -0.494 e. The predicted octanol–water partition coefficient (Wildman–Crippen LogP) is 5.18. The molecule has 4 rings (SSSR count). The fourth-order valence-electron chi connectivity index (χ4n) is 4.65. The molecule has 0 saturated carbocycles. The number of hydrogen-bond donors (Lipinski definition) is 1. The lowest BCUT2D eigenvalue weighted by molar-refractivity contribution is -0.138. The number of halogens is 5. The van der Waals surface area contributed by atoms with Crippen LogP contribution in [0.4, 0.5) is 26.7 Å². The summed E-state index contributed by atoms with van der Waals surface area (Å²) in [5, 5.41) is 0. The molecule has 3 aromatic carbocycles.